The molecule has 2 rings (SSSR count). The summed E-state index contributed by atoms with van der Waals surface area (Å²) in [5.74, 6) is -0.216. The summed E-state index contributed by atoms with van der Waals surface area (Å²) in [6, 6.07) is 10.0. The van der Waals surface area contributed by atoms with Crippen molar-refractivity contribution in [3.05, 3.63) is 57.0 Å². The van der Waals surface area contributed by atoms with E-state index in [2.05, 4.69) is 21.2 Å². The first-order chi connectivity index (χ1) is 8.99. The van der Waals surface area contributed by atoms with Crippen molar-refractivity contribution < 1.29 is 9.90 Å². The first-order valence-corrected chi connectivity index (χ1v) is 6.71. The Balaban J connectivity index is 2.28. The van der Waals surface area contributed by atoms with Gasteiger partial charge < -0.3 is 10.4 Å². The van der Waals surface area contributed by atoms with Crippen LogP contribution in [0.25, 0.3) is 0 Å². The summed E-state index contributed by atoms with van der Waals surface area (Å²) in [5.41, 5.74) is 1.48. The molecule has 1 amide bonds. The van der Waals surface area contributed by atoms with E-state index in [-0.39, 0.29) is 11.7 Å². The number of nitrogens with one attached hydrogen (secondary N) is 1. The second-order valence-corrected chi connectivity index (χ2v) is 5.35. The van der Waals surface area contributed by atoms with E-state index in [0.717, 1.165) is 4.47 Å². The van der Waals surface area contributed by atoms with Crippen molar-refractivity contribution >= 4 is 39.1 Å². The number of halogens is 2. The molecule has 0 unspecified atom stereocenters. The van der Waals surface area contributed by atoms with E-state index >= 15 is 0 Å². The zero-order valence-corrected chi connectivity index (χ0v) is 12.4. The number of aromatic hydroxyl groups is 1. The quantitative estimate of drug-likeness (QED) is 0.853. The highest BCUT2D eigenvalue weighted by Crippen LogP contribution is 2.27. The summed E-state index contributed by atoms with van der Waals surface area (Å²) in [6.07, 6.45) is 0. The molecule has 98 valence electrons. The summed E-state index contributed by atoms with van der Waals surface area (Å²) in [5, 5.41) is 12.8. The van der Waals surface area contributed by atoms with Crippen molar-refractivity contribution in [3.8, 4) is 5.75 Å². The van der Waals surface area contributed by atoms with Gasteiger partial charge in [0.15, 0.2) is 0 Å². The number of carbonyl (C=O) groups is 1. The monoisotopic (exact) mass is 339 g/mol. The largest absolute Gasteiger partial charge is 0.508 e. The molecule has 0 saturated carbocycles. The number of hydrogen-bond acceptors (Lipinski definition) is 2. The van der Waals surface area contributed by atoms with E-state index < -0.39 is 0 Å². The zero-order chi connectivity index (χ0) is 14.0. The molecule has 0 aliphatic rings. The van der Waals surface area contributed by atoms with Gasteiger partial charge in [-0.1, -0.05) is 33.6 Å². The van der Waals surface area contributed by atoms with Crippen LogP contribution >= 0.6 is 27.5 Å². The number of amides is 1. The Kier molecular flexibility index (Phi) is 4.12. The van der Waals surface area contributed by atoms with Crippen molar-refractivity contribution in [1.82, 2.24) is 0 Å². The average Bonchev–Trinajstić information content (AvgIpc) is 2.36. The third-order valence-electron chi connectivity index (χ3n) is 2.73. The Labute approximate surface area is 124 Å². The number of phenols is 1. The van der Waals surface area contributed by atoms with E-state index in [1.54, 1.807) is 43.3 Å². The lowest BCUT2D eigenvalue weighted by molar-refractivity contribution is 0.102. The van der Waals surface area contributed by atoms with Crippen LogP contribution in [0.5, 0.6) is 5.75 Å². The van der Waals surface area contributed by atoms with Gasteiger partial charge in [0.25, 0.3) is 5.91 Å². The minimum absolute atomic E-state index is 0.0922. The average molecular weight is 341 g/mol. The molecular formula is C14H11BrClNO2. The summed E-state index contributed by atoms with van der Waals surface area (Å²) in [4.78, 5) is 12.1. The maximum absolute atomic E-state index is 12.1. The summed E-state index contributed by atoms with van der Waals surface area (Å²) >= 11 is 9.34. The van der Waals surface area contributed by atoms with Crippen molar-refractivity contribution in [2.24, 2.45) is 0 Å². The fraction of sp³-hybridized carbons (Fsp3) is 0.0714. The number of phenolic OH excluding ortho intramolecular Hbond substituents is 1. The predicted molar refractivity (Wildman–Crippen MR) is 79.9 cm³/mol. The topological polar surface area (TPSA) is 49.3 Å². The van der Waals surface area contributed by atoms with Crippen LogP contribution in [0.2, 0.25) is 5.02 Å². The van der Waals surface area contributed by atoms with Crippen molar-refractivity contribution in [1.29, 1.82) is 0 Å². The van der Waals surface area contributed by atoms with Crippen LogP contribution in [0.4, 0.5) is 5.69 Å². The minimum atomic E-state index is -0.308. The second-order valence-electron chi connectivity index (χ2n) is 4.03. The Morgan fingerprint density at radius 2 is 2.05 bits per heavy atom. The maximum Gasteiger partial charge on any atom is 0.256 e. The lowest BCUT2D eigenvalue weighted by atomic mass is 10.1. The van der Waals surface area contributed by atoms with Crippen LogP contribution in [0, 0.1) is 6.92 Å². The Morgan fingerprint density at radius 3 is 2.74 bits per heavy atom. The number of rotatable bonds is 2. The van der Waals surface area contributed by atoms with Crippen molar-refractivity contribution in [2.75, 3.05) is 5.32 Å². The molecule has 0 atom stereocenters. The van der Waals surface area contributed by atoms with Gasteiger partial charge in [0.2, 0.25) is 0 Å². The molecule has 2 aromatic rings. The Morgan fingerprint density at radius 1 is 1.32 bits per heavy atom. The summed E-state index contributed by atoms with van der Waals surface area (Å²) in [7, 11) is 0. The van der Waals surface area contributed by atoms with Gasteiger partial charge in [-0.2, -0.15) is 0 Å². The summed E-state index contributed by atoms with van der Waals surface area (Å²) < 4.78 is 0.837. The van der Waals surface area contributed by atoms with Crippen molar-refractivity contribution in [3.63, 3.8) is 0 Å². The number of anilines is 1. The Bertz CT molecular complexity index is 643. The normalized spacial score (nSPS) is 10.3. The van der Waals surface area contributed by atoms with Crippen LogP contribution in [0.15, 0.2) is 40.9 Å². The smallest absolute Gasteiger partial charge is 0.256 e. The minimum Gasteiger partial charge on any atom is -0.508 e. The predicted octanol–water partition coefficient (Wildman–Crippen LogP) is 4.37. The molecule has 2 N–H and O–H groups in total. The molecule has 0 fully saturated rings. The third-order valence-corrected chi connectivity index (χ3v) is 3.54. The maximum atomic E-state index is 12.1. The van der Waals surface area contributed by atoms with Crippen LogP contribution < -0.4 is 5.32 Å². The molecule has 0 bridgehead atoms. The molecule has 0 heterocycles. The van der Waals surface area contributed by atoms with Crippen LogP contribution in [-0.4, -0.2) is 11.0 Å². The number of carbonyl (C=O) groups excluding carboxylic acids is 1. The van der Waals surface area contributed by atoms with E-state index in [0.29, 0.717) is 21.8 Å². The Hall–Kier alpha value is -1.52. The number of benzene rings is 2. The van der Waals surface area contributed by atoms with Gasteiger partial charge in [0.1, 0.15) is 5.75 Å². The highest BCUT2D eigenvalue weighted by molar-refractivity contribution is 9.10. The molecule has 0 spiro atoms. The molecule has 3 nitrogen and oxygen atoms in total. The van der Waals surface area contributed by atoms with Gasteiger partial charge in [0, 0.05) is 15.6 Å². The van der Waals surface area contributed by atoms with Crippen LogP contribution in [0.1, 0.15) is 15.9 Å². The highest BCUT2D eigenvalue weighted by atomic mass is 79.9. The second kappa shape index (κ2) is 5.63. The SMILES string of the molecule is Cc1c(O)cccc1C(=O)Nc1ccc(Br)cc1Cl. The van der Waals surface area contributed by atoms with E-state index in [1.165, 1.54) is 0 Å². The van der Waals surface area contributed by atoms with Gasteiger partial charge in [-0.05, 0) is 37.3 Å². The number of hydrogen-bond donors (Lipinski definition) is 2. The van der Waals surface area contributed by atoms with Gasteiger partial charge in [-0.15, -0.1) is 0 Å². The molecule has 0 saturated heterocycles. The molecule has 5 heteroatoms. The summed E-state index contributed by atoms with van der Waals surface area (Å²) in [6.45, 7) is 1.69. The first kappa shape index (κ1) is 13.9. The molecule has 0 radical (unpaired) electrons. The third kappa shape index (κ3) is 3.08. The van der Waals surface area contributed by atoms with E-state index in [4.69, 9.17) is 11.6 Å². The molecule has 19 heavy (non-hydrogen) atoms. The molecular weight excluding hydrogens is 330 g/mol. The zero-order valence-electron chi connectivity index (χ0n) is 10.1. The van der Waals surface area contributed by atoms with Crippen molar-refractivity contribution in [2.45, 2.75) is 6.92 Å². The molecule has 2 aromatic carbocycles. The highest BCUT2D eigenvalue weighted by Gasteiger charge is 2.12. The standard InChI is InChI=1S/C14H11BrClNO2/c1-8-10(3-2-4-13(8)18)14(19)17-12-6-5-9(15)7-11(12)16/h2-7,18H,1H3,(H,17,19). The molecule has 0 aromatic heterocycles. The lowest BCUT2D eigenvalue weighted by Gasteiger charge is -2.10. The van der Waals surface area contributed by atoms with Crippen LogP contribution in [0.3, 0.4) is 0 Å². The lowest BCUT2D eigenvalue weighted by Crippen LogP contribution is -2.13. The van der Waals surface area contributed by atoms with Gasteiger partial charge in [0.05, 0.1) is 10.7 Å². The first-order valence-electron chi connectivity index (χ1n) is 5.54. The molecule has 0 aliphatic heterocycles. The van der Waals surface area contributed by atoms with E-state index in [1.807, 2.05) is 0 Å². The van der Waals surface area contributed by atoms with Gasteiger partial charge >= 0.3 is 0 Å². The van der Waals surface area contributed by atoms with E-state index in [9.17, 15) is 9.90 Å². The fourth-order valence-electron chi connectivity index (χ4n) is 1.65. The van der Waals surface area contributed by atoms with Crippen LogP contribution in [-0.2, 0) is 0 Å². The molecule has 0 aliphatic carbocycles. The fourth-order valence-corrected chi connectivity index (χ4v) is 2.37. The van der Waals surface area contributed by atoms with Gasteiger partial charge in [-0.3, -0.25) is 4.79 Å². The van der Waals surface area contributed by atoms with Gasteiger partial charge in [-0.25, -0.2) is 0 Å².